The minimum Gasteiger partial charge on any atom is -0.326 e. The second-order valence-electron chi connectivity index (χ2n) is 4.91. The fourth-order valence-corrected chi connectivity index (χ4v) is 3.35. The van der Waals surface area contributed by atoms with Gasteiger partial charge in [-0.25, -0.2) is 4.98 Å². The van der Waals surface area contributed by atoms with Crippen molar-refractivity contribution in [2.24, 2.45) is 0 Å². The van der Waals surface area contributed by atoms with E-state index < -0.39 is 0 Å². The van der Waals surface area contributed by atoms with Gasteiger partial charge in [0.1, 0.15) is 0 Å². The number of thiophene rings is 1. The van der Waals surface area contributed by atoms with Crippen molar-refractivity contribution in [2.75, 3.05) is 11.1 Å². The number of amides is 1. The van der Waals surface area contributed by atoms with Gasteiger partial charge in [0.25, 0.3) is 0 Å². The molecule has 0 aliphatic rings. The van der Waals surface area contributed by atoms with Gasteiger partial charge in [0.05, 0.1) is 10.6 Å². The van der Waals surface area contributed by atoms with E-state index in [1.54, 1.807) is 35.6 Å². The highest BCUT2D eigenvalue weighted by Gasteiger charge is 2.11. The second-order valence-corrected chi connectivity index (χ2v) is 6.80. The van der Waals surface area contributed by atoms with E-state index in [1.165, 1.54) is 18.7 Å². The predicted octanol–water partition coefficient (Wildman–Crippen LogP) is 3.47. The molecule has 0 aliphatic heterocycles. The summed E-state index contributed by atoms with van der Waals surface area (Å²) >= 11 is 2.86. The number of hydrogen-bond acceptors (Lipinski definition) is 6. The van der Waals surface area contributed by atoms with Crippen molar-refractivity contribution in [3.8, 4) is 10.7 Å². The monoisotopic (exact) mass is 358 g/mol. The highest BCUT2D eigenvalue weighted by molar-refractivity contribution is 7.99. The van der Waals surface area contributed by atoms with Crippen molar-refractivity contribution in [3.05, 3.63) is 47.3 Å². The average molecular weight is 358 g/mol. The Kier molecular flexibility index (Phi) is 5.07. The predicted molar refractivity (Wildman–Crippen MR) is 95.5 cm³/mol. The number of aromatic amines is 1. The Balaban J connectivity index is 1.58. The Morgan fingerprint density at radius 3 is 2.71 bits per heavy atom. The lowest BCUT2D eigenvalue weighted by Gasteiger charge is -2.03. The molecule has 0 atom stereocenters. The SMILES string of the molecule is CC(=O)Nc1ccc(C(=O)CSc2n[nH]c(-c3cccs3)n2)cc1. The number of ketones is 1. The Bertz CT molecular complexity index is 841. The summed E-state index contributed by atoms with van der Waals surface area (Å²) < 4.78 is 0. The molecular formula is C16H14N4O2S2. The molecule has 8 heteroatoms. The largest absolute Gasteiger partial charge is 0.326 e. The summed E-state index contributed by atoms with van der Waals surface area (Å²) in [6.45, 7) is 1.44. The van der Waals surface area contributed by atoms with Gasteiger partial charge >= 0.3 is 0 Å². The molecule has 3 rings (SSSR count). The average Bonchev–Trinajstić information content (AvgIpc) is 3.24. The summed E-state index contributed by atoms with van der Waals surface area (Å²) in [5.74, 6) is 0.800. The van der Waals surface area contributed by atoms with Crippen LogP contribution in [0.3, 0.4) is 0 Å². The van der Waals surface area contributed by atoms with Crippen LogP contribution in [0.5, 0.6) is 0 Å². The maximum atomic E-state index is 12.2. The van der Waals surface area contributed by atoms with Gasteiger partial charge in [-0.1, -0.05) is 17.8 Å². The van der Waals surface area contributed by atoms with Crippen LogP contribution in [0, 0.1) is 0 Å². The number of anilines is 1. The van der Waals surface area contributed by atoms with E-state index >= 15 is 0 Å². The summed E-state index contributed by atoms with van der Waals surface area (Å²) in [6, 6.07) is 10.7. The zero-order valence-electron chi connectivity index (χ0n) is 12.8. The van der Waals surface area contributed by atoms with Crippen LogP contribution < -0.4 is 5.32 Å². The molecule has 1 amide bonds. The minimum absolute atomic E-state index is 0.0168. The van der Waals surface area contributed by atoms with E-state index in [0.29, 0.717) is 22.2 Å². The number of hydrogen-bond donors (Lipinski definition) is 2. The van der Waals surface area contributed by atoms with Crippen molar-refractivity contribution >= 4 is 40.5 Å². The van der Waals surface area contributed by atoms with Crippen LogP contribution in [0.25, 0.3) is 10.7 Å². The van der Waals surface area contributed by atoms with E-state index in [2.05, 4.69) is 20.5 Å². The lowest BCUT2D eigenvalue weighted by Crippen LogP contribution is -2.07. The van der Waals surface area contributed by atoms with Crippen molar-refractivity contribution in [2.45, 2.75) is 12.1 Å². The van der Waals surface area contributed by atoms with Crippen LogP contribution in [-0.4, -0.2) is 32.6 Å². The molecule has 0 radical (unpaired) electrons. The number of nitrogens with zero attached hydrogens (tertiary/aromatic N) is 2. The van der Waals surface area contributed by atoms with E-state index in [9.17, 15) is 9.59 Å². The highest BCUT2D eigenvalue weighted by atomic mass is 32.2. The minimum atomic E-state index is -0.143. The van der Waals surface area contributed by atoms with E-state index in [4.69, 9.17) is 0 Å². The van der Waals surface area contributed by atoms with Gasteiger partial charge in [0.2, 0.25) is 11.1 Å². The van der Waals surface area contributed by atoms with E-state index in [1.807, 2.05) is 17.5 Å². The lowest BCUT2D eigenvalue weighted by atomic mass is 10.1. The number of nitrogens with one attached hydrogen (secondary N) is 2. The molecule has 2 heterocycles. The van der Waals surface area contributed by atoms with Crippen molar-refractivity contribution < 1.29 is 9.59 Å². The summed E-state index contributed by atoms with van der Waals surface area (Å²) in [5.41, 5.74) is 1.26. The normalized spacial score (nSPS) is 10.5. The molecule has 3 aromatic rings. The van der Waals surface area contributed by atoms with Gasteiger partial charge in [0, 0.05) is 18.2 Å². The van der Waals surface area contributed by atoms with Crippen molar-refractivity contribution in [1.29, 1.82) is 0 Å². The summed E-state index contributed by atoms with van der Waals surface area (Å²) in [7, 11) is 0. The maximum Gasteiger partial charge on any atom is 0.221 e. The first-order chi connectivity index (χ1) is 11.6. The zero-order chi connectivity index (χ0) is 16.9. The van der Waals surface area contributed by atoms with Crippen LogP contribution in [0.15, 0.2) is 46.9 Å². The Labute approximate surface area is 146 Å². The fraction of sp³-hybridized carbons (Fsp3) is 0.125. The number of carbonyl (C=O) groups excluding carboxylic acids is 2. The second kappa shape index (κ2) is 7.41. The molecule has 0 saturated heterocycles. The summed E-state index contributed by atoms with van der Waals surface area (Å²) in [5, 5.41) is 12.2. The molecule has 24 heavy (non-hydrogen) atoms. The number of H-pyrrole nitrogens is 1. The van der Waals surface area contributed by atoms with Crippen LogP contribution >= 0.6 is 23.1 Å². The number of Topliss-reactive ketones (excluding diaryl/α,β-unsaturated/α-hetero) is 1. The molecule has 122 valence electrons. The first kappa shape index (κ1) is 16.4. The van der Waals surface area contributed by atoms with Gasteiger partial charge < -0.3 is 5.32 Å². The van der Waals surface area contributed by atoms with Gasteiger partial charge in [-0.2, -0.15) is 0 Å². The molecule has 6 nitrogen and oxygen atoms in total. The molecule has 0 fully saturated rings. The van der Waals surface area contributed by atoms with E-state index in [-0.39, 0.29) is 17.4 Å². The smallest absolute Gasteiger partial charge is 0.221 e. The van der Waals surface area contributed by atoms with Crippen molar-refractivity contribution in [1.82, 2.24) is 15.2 Å². The van der Waals surface area contributed by atoms with Gasteiger partial charge in [-0.05, 0) is 35.7 Å². The first-order valence-electron chi connectivity index (χ1n) is 7.12. The molecule has 0 spiro atoms. The lowest BCUT2D eigenvalue weighted by molar-refractivity contribution is -0.114. The number of thioether (sulfide) groups is 1. The standard InChI is InChI=1S/C16H14N4O2S2/c1-10(21)17-12-6-4-11(5-7-12)13(22)9-24-16-18-15(19-20-16)14-3-2-8-23-14/h2-8H,9H2,1H3,(H,17,21)(H,18,19,20). The number of aromatic nitrogens is 3. The van der Waals surface area contributed by atoms with Gasteiger partial charge in [-0.15, -0.1) is 16.4 Å². The third-order valence-corrected chi connectivity index (χ3v) is 4.80. The molecule has 2 aromatic heterocycles. The van der Waals surface area contributed by atoms with Crippen LogP contribution in [0.2, 0.25) is 0 Å². The van der Waals surface area contributed by atoms with Crippen LogP contribution in [-0.2, 0) is 4.79 Å². The molecule has 1 aromatic carbocycles. The highest BCUT2D eigenvalue weighted by Crippen LogP contribution is 2.23. The third-order valence-electron chi connectivity index (χ3n) is 3.08. The van der Waals surface area contributed by atoms with Gasteiger partial charge in [0.15, 0.2) is 11.6 Å². The Morgan fingerprint density at radius 1 is 1.25 bits per heavy atom. The Morgan fingerprint density at radius 2 is 2.04 bits per heavy atom. The summed E-state index contributed by atoms with van der Waals surface area (Å²) in [4.78, 5) is 28.6. The summed E-state index contributed by atoms with van der Waals surface area (Å²) in [6.07, 6.45) is 0. The molecule has 0 aliphatic carbocycles. The van der Waals surface area contributed by atoms with E-state index in [0.717, 1.165) is 4.88 Å². The zero-order valence-corrected chi connectivity index (χ0v) is 14.4. The van der Waals surface area contributed by atoms with Gasteiger partial charge in [-0.3, -0.25) is 14.7 Å². The first-order valence-corrected chi connectivity index (χ1v) is 8.98. The number of carbonyl (C=O) groups is 2. The third kappa shape index (κ3) is 4.09. The molecular weight excluding hydrogens is 344 g/mol. The maximum absolute atomic E-state index is 12.2. The molecule has 0 bridgehead atoms. The number of benzene rings is 1. The van der Waals surface area contributed by atoms with Crippen LogP contribution in [0.4, 0.5) is 5.69 Å². The molecule has 0 saturated carbocycles. The fourth-order valence-electron chi connectivity index (χ4n) is 1.99. The quantitative estimate of drug-likeness (QED) is 0.520. The van der Waals surface area contributed by atoms with Crippen LogP contribution in [0.1, 0.15) is 17.3 Å². The molecule has 0 unspecified atom stereocenters. The number of rotatable bonds is 6. The van der Waals surface area contributed by atoms with Crippen molar-refractivity contribution in [3.63, 3.8) is 0 Å². The molecule has 2 N–H and O–H groups in total. The Hall–Kier alpha value is -2.45. The topological polar surface area (TPSA) is 87.7 Å².